The number of hydrogen-bond donors (Lipinski definition) is 1. The molecule has 2 heterocycles. The van der Waals surface area contributed by atoms with Crippen LogP contribution >= 0.6 is 11.6 Å². The number of rotatable bonds is 4. The Bertz CT molecular complexity index is 867. The zero-order valence-electron chi connectivity index (χ0n) is 10.9. The van der Waals surface area contributed by atoms with Crippen LogP contribution in [0.1, 0.15) is 5.76 Å². The standard InChI is InChI=1S/C13H8ClN3O4S/c14-10-5-12(8-16-7-10)22(19,20)17-13(18)9(6-15)4-11-2-1-3-21-11/h1-5,7-8H,(H,17,18). The van der Waals surface area contributed by atoms with Crippen molar-refractivity contribution in [2.24, 2.45) is 0 Å². The molecule has 0 atom stereocenters. The van der Waals surface area contributed by atoms with Crippen LogP contribution in [0.3, 0.4) is 0 Å². The van der Waals surface area contributed by atoms with Gasteiger partial charge in [0.05, 0.1) is 11.3 Å². The molecule has 0 radical (unpaired) electrons. The molecule has 0 aromatic carbocycles. The molecule has 0 aliphatic heterocycles. The second kappa shape index (κ2) is 6.43. The number of hydrogen-bond acceptors (Lipinski definition) is 6. The van der Waals surface area contributed by atoms with Gasteiger partial charge in [-0.25, -0.2) is 13.1 Å². The van der Waals surface area contributed by atoms with Gasteiger partial charge in [-0.15, -0.1) is 0 Å². The summed E-state index contributed by atoms with van der Waals surface area (Å²) in [5, 5.41) is 9.06. The molecule has 2 aromatic heterocycles. The Labute approximate surface area is 130 Å². The maximum absolute atomic E-state index is 12.0. The number of amides is 1. The highest BCUT2D eigenvalue weighted by Gasteiger charge is 2.21. The number of furan rings is 1. The van der Waals surface area contributed by atoms with Gasteiger partial charge in [-0.3, -0.25) is 9.78 Å². The molecular weight excluding hydrogens is 330 g/mol. The number of aromatic nitrogens is 1. The largest absolute Gasteiger partial charge is 0.465 e. The van der Waals surface area contributed by atoms with Gasteiger partial charge >= 0.3 is 0 Å². The third-order valence-corrected chi connectivity index (χ3v) is 3.92. The fourth-order valence-electron chi connectivity index (χ4n) is 1.44. The van der Waals surface area contributed by atoms with E-state index in [4.69, 9.17) is 21.3 Å². The van der Waals surface area contributed by atoms with Crippen LogP contribution in [-0.4, -0.2) is 19.3 Å². The average molecular weight is 338 g/mol. The Kier molecular flexibility index (Phi) is 4.60. The molecule has 0 spiro atoms. The van der Waals surface area contributed by atoms with Crippen molar-refractivity contribution >= 4 is 33.6 Å². The quantitative estimate of drug-likeness (QED) is 0.671. The lowest BCUT2D eigenvalue weighted by atomic mass is 10.2. The minimum Gasteiger partial charge on any atom is -0.465 e. The van der Waals surface area contributed by atoms with E-state index in [2.05, 4.69) is 4.98 Å². The van der Waals surface area contributed by atoms with Gasteiger partial charge in [-0.05, 0) is 18.2 Å². The number of carbonyl (C=O) groups excluding carboxylic acids is 1. The van der Waals surface area contributed by atoms with Crippen LogP contribution in [0.15, 0.2) is 51.7 Å². The van der Waals surface area contributed by atoms with Crippen LogP contribution in [0.2, 0.25) is 5.02 Å². The number of nitriles is 1. The summed E-state index contributed by atoms with van der Waals surface area (Å²) in [6.07, 6.45) is 4.76. The summed E-state index contributed by atoms with van der Waals surface area (Å²) < 4.78 is 30.8. The smallest absolute Gasteiger partial charge is 0.275 e. The number of carbonyl (C=O) groups is 1. The Morgan fingerprint density at radius 2 is 2.23 bits per heavy atom. The fourth-order valence-corrected chi connectivity index (χ4v) is 2.63. The van der Waals surface area contributed by atoms with Crippen molar-refractivity contribution < 1.29 is 17.6 Å². The van der Waals surface area contributed by atoms with Gasteiger partial charge in [0.2, 0.25) is 0 Å². The van der Waals surface area contributed by atoms with Crippen molar-refractivity contribution in [3.05, 3.63) is 53.2 Å². The van der Waals surface area contributed by atoms with E-state index in [9.17, 15) is 13.2 Å². The third kappa shape index (κ3) is 3.72. The summed E-state index contributed by atoms with van der Waals surface area (Å²) in [7, 11) is -4.19. The van der Waals surface area contributed by atoms with Crippen molar-refractivity contribution in [1.29, 1.82) is 5.26 Å². The monoisotopic (exact) mass is 337 g/mol. The summed E-state index contributed by atoms with van der Waals surface area (Å²) in [6, 6.07) is 5.82. The van der Waals surface area contributed by atoms with Crippen molar-refractivity contribution in [1.82, 2.24) is 9.71 Å². The highest BCUT2D eigenvalue weighted by Crippen LogP contribution is 2.14. The SMILES string of the molecule is N#CC(=Cc1ccco1)C(=O)NS(=O)(=O)c1cncc(Cl)c1. The Balaban J connectivity index is 2.25. The van der Waals surface area contributed by atoms with Gasteiger partial charge in [0.25, 0.3) is 15.9 Å². The molecule has 7 nitrogen and oxygen atoms in total. The van der Waals surface area contributed by atoms with E-state index in [0.717, 1.165) is 18.3 Å². The first-order chi connectivity index (χ1) is 10.4. The molecule has 9 heteroatoms. The van der Waals surface area contributed by atoms with Crippen molar-refractivity contribution in [2.45, 2.75) is 4.90 Å². The van der Waals surface area contributed by atoms with Gasteiger partial charge in [-0.2, -0.15) is 5.26 Å². The van der Waals surface area contributed by atoms with Crippen LogP contribution < -0.4 is 4.72 Å². The zero-order valence-corrected chi connectivity index (χ0v) is 12.4. The van der Waals surface area contributed by atoms with E-state index in [1.807, 2.05) is 0 Å². The summed E-state index contributed by atoms with van der Waals surface area (Å²) in [6.45, 7) is 0. The molecule has 0 bridgehead atoms. The lowest BCUT2D eigenvalue weighted by Gasteiger charge is -2.05. The number of sulfonamides is 1. The number of halogens is 1. The van der Waals surface area contributed by atoms with Crippen molar-refractivity contribution in [3.8, 4) is 6.07 Å². The molecule has 2 rings (SSSR count). The predicted molar refractivity (Wildman–Crippen MR) is 76.9 cm³/mol. The number of nitrogens with zero attached hydrogens (tertiary/aromatic N) is 2. The first kappa shape index (κ1) is 15.8. The minimum atomic E-state index is -4.19. The minimum absolute atomic E-state index is 0.0990. The Morgan fingerprint density at radius 3 is 2.82 bits per heavy atom. The maximum Gasteiger partial charge on any atom is 0.275 e. The predicted octanol–water partition coefficient (Wildman–Crippen LogP) is 1.74. The molecule has 0 saturated carbocycles. The molecule has 2 aromatic rings. The van der Waals surface area contributed by atoms with Gasteiger partial charge in [0.1, 0.15) is 22.3 Å². The summed E-state index contributed by atoms with van der Waals surface area (Å²) >= 11 is 5.66. The normalized spacial score (nSPS) is 11.7. The van der Waals surface area contributed by atoms with Gasteiger partial charge < -0.3 is 4.42 Å². The van der Waals surface area contributed by atoms with E-state index in [1.165, 1.54) is 18.5 Å². The van der Waals surface area contributed by atoms with Gasteiger partial charge in [-0.1, -0.05) is 11.6 Å². The molecule has 0 aliphatic carbocycles. The summed E-state index contributed by atoms with van der Waals surface area (Å²) in [5.74, 6) is -0.840. The molecule has 1 N–H and O–H groups in total. The molecule has 22 heavy (non-hydrogen) atoms. The average Bonchev–Trinajstić information content (AvgIpc) is 2.97. The third-order valence-electron chi connectivity index (χ3n) is 2.41. The molecule has 112 valence electrons. The second-order valence-corrected chi connectivity index (χ2v) is 6.08. The summed E-state index contributed by atoms with van der Waals surface area (Å²) in [4.78, 5) is 15.2. The van der Waals surface area contributed by atoms with Crippen LogP contribution in [0.5, 0.6) is 0 Å². The fraction of sp³-hybridized carbons (Fsp3) is 0. The highest BCUT2D eigenvalue weighted by atomic mass is 35.5. The molecule has 0 saturated heterocycles. The van der Waals surface area contributed by atoms with Crippen molar-refractivity contribution in [2.75, 3.05) is 0 Å². The zero-order chi connectivity index (χ0) is 16.2. The number of pyridine rings is 1. The Morgan fingerprint density at radius 1 is 1.45 bits per heavy atom. The van der Waals surface area contributed by atoms with Gasteiger partial charge in [0.15, 0.2) is 0 Å². The second-order valence-electron chi connectivity index (χ2n) is 3.96. The molecule has 1 amide bonds. The van der Waals surface area contributed by atoms with Crippen molar-refractivity contribution in [3.63, 3.8) is 0 Å². The highest BCUT2D eigenvalue weighted by molar-refractivity contribution is 7.90. The van der Waals surface area contributed by atoms with Crippen LogP contribution in [0, 0.1) is 11.3 Å². The molecule has 0 aliphatic rings. The van der Waals surface area contributed by atoms with Crippen LogP contribution in [0.25, 0.3) is 6.08 Å². The number of nitrogens with one attached hydrogen (secondary N) is 1. The van der Waals surface area contributed by atoms with E-state index in [0.29, 0.717) is 0 Å². The first-order valence-electron chi connectivity index (χ1n) is 5.75. The Hall–Kier alpha value is -2.63. The van der Waals surface area contributed by atoms with E-state index in [-0.39, 0.29) is 15.7 Å². The topological polar surface area (TPSA) is 113 Å². The molecular formula is C13H8ClN3O4S. The van der Waals surface area contributed by atoms with Crippen LogP contribution in [-0.2, 0) is 14.8 Å². The van der Waals surface area contributed by atoms with E-state index in [1.54, 1.807) is 16.9 Å². The lowest BCUT2D eigenvalue weighted by Crippen LogP contribution is -2.31. The van der Waals surface area contributed by atoms with E-state index >= 15 is 0 Å². The molecule has 0 fully saturated rings. The van der Waals surface area contributed by atoms with Gasteiger partial charge in [0, 0.05) is 18.5 Å². The summed E-state index contributed by atoms with van der Waals surface area (Å²) in [5.41, 5.74) is -0.423. The lowest BCUT2D eigenvalue weighted by molar-refractivity contribution is -0.115. The van der Waals surface area contributed by atoms with E-state index < -0.39 is 21.5 Å². The first-order valence-corrected chi connectivity index (χ1v) is 7.61. The van der Waals surface area contributed by atoms with Crippen LogP contribution in [0.4, 0.5) is 0 Å². The molecule has 0 unspecified atom stereocenters. The maximum atomic E-state index is 12.0.